The Bertz CT molecular complexity index is 1050. The van der Waals surface area contributed by atoms with Crippen LogP contribution in [-0.2, 0) is 14.8 Å². The van der Waals surface area contributed by atoms with E-state index in [9.17, 15) is 13.2 Å². The summed E-state index contributed by atoms with van der Waals surface area (Å²) < 4.78 is 27.7. The second-order valence-corrected chi connectivity index (χ2v) is 9.34. The van der Waals surface area contributed by atoms with Crippen molar-refractivity contribution < 1.29 is 13.2 Å². The Morgan fingerprint density at radius 3 is 2.54 bits per heavy atom. The van der Waals surface area contributed by atoms with Gasteiger partial charge >= 0.3 is 0 Å². The predicted molar refractivity (Wildman–Crippen MR) is 105 cm³/mol. The van der Waals surface area contributed by atoms with Gasteiger partial charge in [0.05, 0.1) is 21.9 Å². The number of nitrogens with zero attached hydrogens (tertiary/aromatic N) is 3. The van der Waals surface area contributed by atoms with Crippen molar-refractivity contribution in [3.63, 3.8) is 0 Å². The summed E-state index contributed by atoms with van der Waals surface area (Å²) in [6.45, 7) is 1.18. The lowest BCUT2D eigenvalue weighted by Crippen LogP contribution is -2.49. The number of hydrogen-bond donors (Lipinski definition) is 0. The van der Waals surface area contributed by atoms with Gasteiger partial charge in [-0.15, -0.1) is 0 Å². The van der Waals surface area contributed by atoms with Crippen molar-refractivity contribution in [3.8, 4) is 6.07 Å². The van der Waals surface area contributed by atoms with Gasteiger partial charge in [0.2, 0.25) is 15.9 Å². The molecule has 28 heavy (non-hydrogen) atoms. The summed E-state index contributed by atoms with van der Waals surface area (Å²) in [5.41, 5.74) is 0.486. The average Bonchev–Trinajstić information content (AvgIpc) is 3.04. The number of benzene rings is 2. The fourth-order valence-corrected chi connectivity index (χ4v) is 5.83. The molecule has 144 valence electrons. The van der Waals surface area contributed by atoms with Crippen LogP contribution in [0.25, 0.3) is 0 Å². The molecule has 1 amide bonds. The number of carbonyl (C=O) groups is 1. The number of sulfonamides is 1. The van der Waals surface area contributed by atoms with Gasteiger partial charge in [-0.05, 0) is 49.6 Å². The van der Waals surface area contributed by atoms with E-state index in [2.05, 4.69) is 0 Å². The van der Waals surface area contributed by atoms with Crippen molar-refractivity contribution in [1.29, 1.82) is 5.26 Å². The zero-order valence-corrected chi connectivity index (χ0v) is 16.2. The standard InChI is InChI=1S/C21H21N3O3S/c22-15-17-6-4-9-19(14-17)28(26,27)23-12-5-10-21(16-23)11-13-24(20(21)25)18-7-2-1-3-8-18/h1-4,6-9,14H,5,10-13,16H2. The Morgan fingerprint density at radius 2 is 1.79 bits per heavy atom. The molecule has 0 N–H and O–H groups in total. The van der Waals surface area contributed by atoms with Crippen LogP contribution in [0.1, 0.15) is 24.8 Å². The van der Waals surface area contributed by atoms with Gasteiger partial charge in [-0.3, -0.25) is 4.79 Å². The fraction of sp³-hybridized carbons (Fsp3) is 0.333. The molecule has 4 rings (SSSR count). The number of rotatable bonds is 3. The van der Waals surface area contributed by atoms with E-state index >= 15 is 0 Å². The number of piperidine rings is 1. The maximum atomic E-state index is 13.3. The summed E-state index contributed by atoms with van der Waals surface area (Å²) in [6.07, 6.45) is 1.98. The van der Waals surface area contributed by atoms with Crippen molar-refractivity contribution in [1.82, 2.24) is 4.31 Å². The molecule has 0 radical (unpaired) electrons. The first kappa shape index (κ1) is 18.7. The van der Waals surface area contributed by atoms with E-state index < -0.39 is 15.4 Å². The fourth-order valence-electron chi connectivity index (χ4n) is 4.22. The van der Waals surface area contributed by atoms with Gasteiger partial charge in [-0.1, -0.05) is 24.3 Å². The van der Waals surface area contributed by atoms with E-state index in [-0.39, 0.29) is 17.3 Å². The molecule has 1 spiro atoms. The van der Waals surface area contributed by atoms with Crippen LogP contribution in [0.3, 0.4) is 0 Å². The van der Waals surface area contributed by atoms with Crippen molar-refractivity contribution in [2.24, 2.45) is 5.41 Å². The molecular formula is C21H21N3O3S. The van der Waals surface area contributed by atoms with Gasteiger partial charge in [0.1, 0.15) is 0 Å². The molecule has 2 aliphatic heterocycles. The Hall–Kier alpha value is -2.69. The van der Waals surface area contributed by atoms with E-state index in [0.717, 1.165) is 5.69 Å². The summed E-state index contributed by atoms with van der Waals surface area (Å²) in [5, 5.41) is 9.07. The second kappa shape index (κ2) is 7.04. The molecule has 0 aliphatic carbocycles. The van der Waals surface area contributed by atoms with Crippen molar-refractivity contribution in [3.05, 3.63) is 60.2 Å². The molecule has 6 nitrogen and oxygen atoms in total. The topological polar surface area (TPSA) is 81.5 Å². The van der Waals surface area contributed by atoms with Gasteiger partial charge in [0.25, 0.3) is 0 Å². The maximum Gasteiger partial charge on any atom is 0.243 e. The quantitative estimate of drug-likeness (QED) is 0.800. The Balaban J connectivity index is 1.61. The molecule has 0 aromatic heterocycles. The van der Waals surface area contributed by atoms with E-state index in [0.29, 0.717) is 37.9 Å². The lowest BCUT2D eigenvalue weighted by Gasteiger charge is -2.38. The predicted octanol–water partition coefficient (Wildman–Crippen LogP) is 2.77. The van der Waals surface area contributed by atoms with Crippen LogP contribution < -0.4 is 4.90 Å². The minimum Gasteiger partial charge on any atom is -0.312 e. The van der Waals surface area contributed by atoms with E-state index in [1.165, 1.54) is 16.4 Å². The first-order valence-corrected chi connectivity index (χ1v) is 10.8. The molecule has 2 fully saturated rings. The third-order valence-corrected chi connectivity index (χ3v) is 7.56. The summed E-state index contributed by atoms with van der Waals surface area (Å²) >= 11 is 0. The second-order valence-electron chi connectivity index (χ2n) is 7.40. The number of para-hydroxylation sites is 1. The Morgan fingerprint density at radius 1 is 1.00 bits per heavy atom. The number of amides is 1. The molecule has 2 saturated heterocycles. The zero-order chi connectivity index (χ0) is 19.8. The largest absolute Gasteiger partial charge is 0.312 e. The van der Waals surface area contributed by atoms with Gasteiger partial charge in [0.15, 0.2) is 0 Å². The van der Waals surface area contributed by atoms with Gasteiger partial charge in [-0.2, -0.15) is 9.57 Å². The average molecular weight is 395 g/mol. The van der Waals surface area contributed by atoms with Crippen LogP contribution in [0.2, 0.25) is 0 Å². The number of hydrogen-bond acceptors (Lipinski definition) is 4. The van der Waals surface area contributed by atoms with Crippen molar-refractivity contribution in [2.45, 2.75) is 24.2 Å². The molecule has 1 unspecified atom stereocenters. The molecular weight excluding hydrogens is 374 g/mol. The van der Waals surface area contributed by atoms with E-state index in [4.69, 9.17) is 5.26 Å². The maximum absolute atomic E-state index is 13.3. The third-order valence-electron chi connectivity index (χ3n) is 5.72. The SMILES string of the molecule is N#Cc1cccc(S(=O)(=O)N2CCCC3(CCN(c4ccccc4)C3=O)C2)c1. The molecule has 0 saturated carbocycles. The third kappa shape index (κ3) is 3.09. The highest BCUT2D eigenvalue weighted by molar-refractivity contribution is 7.89. The number of carbonyl (C=O) groups excluding carboxylic acids is 1. The van der Waals surface area contributed by atoms with Crippen LogP contribution in [0.5, 0.6) is 0 Å². The highest BCUT2D eigenvalue weighted by Crippen LogP contribution is 2.43. The minimum absolute atomic E-state index is 0.00405. The molecule has 2 aliphatic rings. The molecule has 0 bridgehead atoms. The highest BCUT2D eigenvalue weighted by Gasteiger charge is 2.51. The molecule has 2 aromatic carbocycles. The number of nitriles is 1. The Labute approximate surface area is 165 Å². The van der Waals surface area contributed by atoms with Crippen molar-refractivity contribution >= 4 is 21.6 Å². The molecule has 2 heterocycles. The van der Waals surface area contributed by atoms with Crippen LogP contribution >= 0.6 is 0 Å². The Kier molecular flexibility index (Phi) is 4.69. The lowest BCUT2D eigenvalue weighted by atomic mass is 9.79. The van der Waals surface area contributed by atoms with Gasteiger partial charge < -0.3 is 4.90 Å². The lowest BCUT2D eigenvalue weighted by molar-refractivity contribution is -0.127. The van der Waals surface area contributed by atoms with Crippen LogP contribution in [0, 0.1) is 16.7 Å². The molecule has 2 aromatic rings. The molecule has 1 atom stereocenters. The van der Waals surface area contributed by atoms with Crippen LogP contribution in [0.15, 0.2) is 59.5 Å². The summed E-state index contributed by atoms with van der Waals surface area (Å²) in [4.78, 5) is 15.1. The summed E-state index contributed by atoms with van der Waals surface area (Å²) in [6, 6.07) is 17.5. The smallest absolute Gasteiger partial charge is 0.243 e. The first-order valence-electron chi connectivity index (χ1n) is 9.34. The highest BCUT2D eigenvalue weighted by atomic mass is 32.2. The molecule has 7 heteroatoms. The van der Waals surface area contributed by atoms with Crippen LogP contribution in [-0.4, -0.2) is 38.3 Å². The van der Waals surface area contributed by atoms with Gasteiger partial charge in [0, 0.05) is 25.3 Å². The van der Waals surface area contributed by atoms with Crippen LogP contribution in [0.4, 0.5) is 5.69 Å². The first-order chi connectivity index (χ1) is 13.5. The summed E-state index contributed by atoms with van der Waals surface area (Å²) in [5.74, 6) is 0.00405. The van der Waals surface area contributed by atoms with Crippen molar-refractivity contribution in [2.75, 3.05) is 24.5 Å². The van der Waals surface area contributed by atoms with E-state index in [1.807, 2.05) is 36.4 Å². The van der Waals surface area contributed by atoms with Gasteiger partial charge in [-0.25, -0.2) is 8.42 Å². The minimum atomic E-state index is -3.75. The zero-order valence-electron chi connectivity index (χ0n) is 15.4. The number of anilines is 1. The normalized spacial score (nSPS) is 23.1. The summed E-state index contributed by atoms with van der Waals surface area (Å²) in [7, 11) is -3.75. The van der Waals surface area contributed by atoms with E-state index in [1.54, 1.807) is 17.0 Å². The monoisotopic (exact) mass is 395 g/mol.